The van der Waals surface area contributed by atoms with Crippen LogP contribution in [-0.4, -0.2) is 17.3 Å². The highest BCUT2D eigenvalue weighted by molar-refractivity contribution is 5.94. The van der Waals surface area contributed by atoms with E-state index >= 15 is 0 Å². The number of aliphatic hydroxyl groups is 1. The Bertz CT molecular complexity index is 605. The third-order valence-electron chi connectivity index (χ3n) is 3.04. The van der Waals surface area contributed by atoms with E-state index in [0.717, 1.165) is 17.4 Å². The first-order valence-electron chi connectivity index (χ1n) is 6.25. The van der Waals surface area contributed by atoms with E-state index in [1.807, 2.05) is 24.3 Å². The number of aliphatic hydroxyl groups excluding tert-OH is 1. The van der Waals surface area contributed by atoms with Gasteiger partial charge in [-0.2, -0.15) is 0 Å². The first-order chi connectivity index (χ1) is 9.74. The molecule has 2 rings (SSSR count). The van der Waals surface area contributed by atoms with E-state index in [4.69, 9.17) is 0 Å². The molecule has 0 heterocycles. The Morgan fingerprint density at radius 1 is 1.05 bits per heavy atom. The number of hydrogen-bond acceptors (Lipinski definition) is 3. The summed E-state index contributed by atoms with van der Waals surface area (Å²) in [7, 11) is 0. The van der Waals surface area contributed by atoms with Gasteiger partial charge in [0.05, 0.1) is 6.61 Å². The van der Waals surface area contributed by atoms with E-state index in [1.54, 1.807) is 24.3 Å². The molecular weight excluding hydrogens is 254 g/mol. The molecule has 0 atom stereocenters. The lowest BCUT2D eigenvalue weighted by Crippen LogP contribution is -2.23. The average Bonchev–Trinajstić information content (AvgIpc) is 2.53. The fourth-order valence-corrected chi connectivity index (χ4v) is 1.87. The molecule has 4 nitrogen and oxygen atoms in total. The summed E-state index contributed by atoms with van der Waals surface area (Å²) in [4.78, 5) is 22.5. The van der Waals surface area contributed by atoms with E-state index in [9.17, 15) is 14.7 Å². The number of aldehydes is 1. The number of carbonyl (C=O) groups excluding carboxylic acids is 2. The summed E-state index contributed by atoms with van der Waals surface area (Å²) in [5.41, 5.74) is 2.71. The zero-order chi connectivity index (χ0) is 14.4. The van der Waals surface area contributed by atoms with Crippen molar-refractivity contribution in [3.8, 4) is 0 Å². The molecule has 2 aromatic rings. The SMILES string of the molecule is O=Cc1ccc(C(=O)NCc2ccccc2CO)cc1. The summed E-state index contributed by atoms with van der Waals surface area (Å²) >= 11 is 0. The van der Waals surface area contributed by atoms with Crippen LogP contribution in [0.5, 0.6) is 0 Å². The highest BCUT2D eigenvalue weighted by Crippen LogP contribution is 2.09. The van der Waals surface area contributed by atoms with Gasteiger partial charge in [-0.05, 0) is 23.3 Å². The van der Waals surface area contributed by atoms with Crippen molar-refractivity contribution in [3.05, 3.63) is 70.8 Å². The minimum atomic E-state index is -0.213. The van der Waals surface area contributed by atoms with Gasteiger partial charge in [0, 0.05) is 17.7 Å². The lowest BCUT2D eigenvalue weighted by Gasteiger charge is -2.09. The normalized spacial score (nSPS) is 10.1. The van der Waals surface area contributed by atoms with Crippen molar-refractivity contribution in [1.82, 2.24) is 5.32 Å². The van der Waals surface area contributed by atoms with Gasteiger partial charge in [0.2, 0.25) is 0 Å². The van der Waals surface area contributed by atoms with Crippen molar-refractivity contribution in [1.29, 1.82) is 0 Å². The van der Waals surface area contributed by atoms with Gasteiger partial charge in [-0.15, -0.1) is 0 Å². The standard InChI is InChI=1S/C16H15NO3/c18-10-12-5-7-13(8-6-12)16(20)17-9-14-3-1-2-4-15(14)11-19/h1-8,10,19H,9,11H2,(H,17,20). The Morgan fingerprint density at radius 3 is 2.30 bits per heavy atom. The van der Waals surface area contributed by atoms with Gasteiger partial charge in [-0.3, -0.25) is 9.59 Å². The lowest BCUT2D eigenvalue weighted by atomic mass is 10.1. The van der Waals surface area contributed by atoms with Crippen LogP contribution in [0.1, 0.15) is 31.8 Å². The van der Waals surface area contributed by atoms with Crippen molar-refractivity contribution in [2.45, 2.75) is 13.2 Å². The summed E-state index contributed by atoms with van der Waals surface area (Å²) in [6, 6.07) is 13.8. The molecule has 2 aromatic carbocycles. The first-order valence-corrected chi connectivity index (χ1v) is 6.25. The van der Waals surface area contributed by atoms with Crippen LogP contribution < -0.4 is 5.32 Å². The Balaban J connectivity index is 2.02. The van der Waals surface area contributed by atoms with Crippen LogP contribution in [0.25, 0.3) is 0 Å². The Morgan fingerprint density at radius 2 is 1.70 bits per heavy atom. The van der Waals surface area contributed by atoms with E-state index in [2.05, 4.69) is 5.32 Å². The summed E-state index contributed by atoms with van der Waals surface area (Å²) < 4.78 is 0. The Kier molecular flexibility index (Phi) is 4.63. The summed E-state index contributed by atoms with van der Waals surface area (Å²) in [6.45, 7) is 0.297. The van der Waals surface area contributed by atoms with Gasteiger partial charge in [-0.1, -0.05) is 36.4 Å². The largest absolute Gasteiger partial charge is 0.392 e. The number of carbonyl (C=O) groups is 2. The molecule has 0 saturated heterocycles. The molecule has 0 radical (unpaired) electrons. The first kappa shape index (κ1) is 14.0. The Labute approximate surface area is 117 Å². The van der Waals surface area contributed by atoms with Crippen LogP contribution in [0, 0.1) is 0 Å². The molecule has 0 unspecified atom stereocenters. The highest BCUT2D eigenvalue weighted by Gasteiger charge is 2.06. The summed E-state index contributed by atoms with van der Waals surface area (Å²) in [6.07, 6.45) is 0.735. The number of nitrogens with one attached hydrogen (secondary N) is 1. The molecule has 0 saturated carbocycles. The van der Waals surface area contributed by atoms with Crippen molar-refractivity contribution in [2.24, 2.45) is 0 Å². The van der Waals surface area contributed by atoms with Gasteiger partial charge in [-0.25, -0.2) is 0 Å². The minimum absolute atomic E-state index is 0.0555. The van der Waals surface area contributed by atoms with Crippen molar-refractivity contribution in [3.63, 3.8) is 0 Å². The number of benzene rings is 2. The molecule has 0 aliphatic carbocycles. The van der Waals surface area contributed by atoms with Gasteiger partial charge >= 0.3 is 0 Å². The zero-order valence-corrected chi connectivity index (χ0v) is 10.9. The second-order valence-electron chi connectivity index (χ2n) is 4.35. The monoisotopic (exact) mass is 269 g/mol. The van der Waals surface area contributed by atoms with Gasteiger partial charge in [0.25, 0.3) is 5.91 Å². The smallest absolute Gasteiger partial charge is 0.251 e. The molecule has 0 aromatic heterocycles. The van der Waals surface area contributed by atoms with Crippen LogP contribution >= 0.6 is 0 Å². The van der Waals surface area contributed by atoms with Crippen molar-refractivity contribution < 1.29 is 14.7 Å². The predicted octanol–water partition coefficient (Wildman–Crippen LogP) is 1.92. The fourth-order valence-electron chi connectivity index (χ4n) is 1.87. The molecule has 4 heteroatoms. The maximum absolute atomic E-state index is 12.0. The molecule has 20 heavy (non-hydrogen) atoms. The van der Waals surface area contributed by atoms with E-state index in [0.29, 0.717) is 17.7 Å². The quantitative estimate of drug-likeness (QED) is 0.815. The molecule has 0 aliphatic heterocycles. The predicted molar refractivity (Wildman–Crippen MR) is 75.4 cm³/mol. The molecule has 0 aliphatic rings. The molecule has 102 valence electrons. The average molecular weight is 269 g/mol. The fraction of sp³-hybridized carbons (Fsp3) is 0.125. The maximum Gasteiger partial charge on any atom is 0.251 e. The number of amides is 1. The van der Waals surface area contributed by atoms with Crippen LogP contribution in [0.15, 0.2) is 48.5 Å². The topological polar surface area (TPSA) is 66.4 Å². The second-order valence-corrected chi connectivity index (χ2v) is 4.35. The molecule has 0 bridgehead atoms. The van der Waals surface area contributed by atoms with Gasteiger partial charge in [0.1, 0.15) is 6.29 Å². The summed E-state index contributed by atoms with van der Waals surface area (Å²) in [5, 5.41) is 12.0. The minimum Gasteiger partial charge on any atom is -0.392 e. The van der Waals surface area contributed by atoms with Crippen LogP contribution in [0.4, 0.5) is 0 Å². The highest BCUT2D eigenvalue weighted by atomic mass is 16.3. The summed E-state index contributed by atoms with van der Waals surface area (Å²) in [5.74, 6) is -0.213. The Hall–Kier alpha value is -2.46. The van der Waals surface area contributed by atoms with Gasteiger partial charge < -0.3 is 10.4 Å². The third-order valence-corrected chi connectivity index (χ3v) is 3.04. The van der Waals surface area contributed by atoms with E-state index < -0.39 is 0 Å². The van der Waals surface area contributed by atoms with E-state index in [1.165, 1.54) is 0 Å². The van der Waals surface area contributed by atoms with Crippen molar-refractivity contribution in [2.75, 3.05) is 0 Å². The maximum atomic E-state index is 12.0. The second kappa shape index (κ2) is 6.63. The van der Waals surface area contributed by atoms with Crippen molar-refractivity contribution >= 4 is 12.2 Å². The number of rotatable bonds is 5. The third kappa shape index (κ3) is 3.30. The molecule has 0 fully saturated rings. The molecule has 2 N–H and O–H groups in total. The zero-order valence-electron chi connectivity index (χ0n) is 10.9. The van der Waals surface area contributed by atoms with Crippen LogP contribution in [-0.2, 0) is 13.2 Å². The molecule has 1 amide bonds. The lowest BCUT2D eigenvalue weighted by molar-refractivity contribution is 0.0950. The van der Waals surface area contributed by atoms with Crippen LogP contribution in [0.2, 0.25) is 0 Å². The van der Waals surface area contributed by atoms with E-state index in [-0.39, 0.29) is 12.5 Å². The number of hydrogen-bond donors (Lipinski definition) is 2. The molecule has 0 spiro atoms. The van der Waals surface area contributed by atoms with Crippen LogP contribution in [0.3, 0.4) is 0 Å². The molecular formula is C16H15NO3. The van der Waals surface area contributed by atoms with Gasteiger partial charge in [0.15, 0.2) is 0 Å².